The monoisotopic (exact) mass is 794 g/mol. The molecular formula is C58H38N2S. The van der Waals surface area contributed by atoms with Crippen LogP contribution in [0.5, 0.6) is 0 Å². The van der Waals surface area contributed by atoms with Crippen molar-refractivity contribution in [1.29, 1.82) is 0 Å². The van der Waals surface area contributed by atoms with E-state index in [1.807, 2.05) is 11.3 Å². The molecule has 3 heteroatoms. The van der Waals surface area contributed by atoms with E-state index >= 15 is 0 Å². The minimum absolute atomic E-state index is 1.10. The van der Waals surface area contributed by atoms with Crippen molar-refractivity contribution in [2.75, 3.05) is 4.90 Å². The van der Waals surface area contributed by atoms with E-state index in [1.54, 1.807) is 0 Å². The maximum Gasteiger partial charge on any atom is 0.0555 e. The molecule has 0 radical (unpaired) electrons. The summed E-state index contributed by atoms with van der Waals surface area (Å²) in [5.41, 5.74) is 14.0. The van der Waals surface area contributed by atoms with Crippen LogP contribution in [0.2, 0.25) is 0 Å². The molecule has 286 valence electrons. The van der Waals surface area contributed by atoms with E-state index in [1.165, 1.54) is 86.1 Å². The van der Waals surface area contributed by atoms with Gasteiger partial charge in [-0.1, -0.05) is 164 Å². The number of hydrogen-bond acceptors (Lipinski definition) is 2. The number of fused-ring (bicyclic) bond motifs is 7. The third kappa shape index (κ3) is 6.01. The lowest BCUT2D eigenvalue weighted by Gasteiger charge is -2.29. The molecule has 2 aromatic heterocycles. The number of nitrogens with zero attached hydrogens (tertiary/aromatic N) is 2. The van der Waals surface area contributed by atoms with Crippen LogP contribution in [0, 0.1) is 0 Å². The molecular weight excluding hydrogens is 757 g/mol. The van der Waals surface area contributed by atoms with Gasteiger partial charge in [0.1, 0.15) is 0 Å². The van der Waals surface area contributed by atoms with Gasteiger partial charge in [0.15, 0.2) is 0 Å². The van der Waals surface area contributed by atoms with E-state index in [4.69, 9.17) is 0 Å². The second kappa shape index (κ2) is 14.5. The third-order valence-corrected chi connectivity index (χ3v) is 13.3. The van der Waals surface area contributed by atoms with E-state index in [2.05, 4.69) is 240 Å². The first-order valence-corrected chi connectivity index (χ1v) is 21.6. The Bertz CT molecular complexity index is 3540. The summed E-state index contributed by atoms with van der Waals surface area (Å²) in [5.74, 6) is 0. The Kier molecular flexibility index (Phi) is 8.39. The van der Waals surface area contributed by atoms with Crippen LogP contribution in [-0.4, -0.2) is 4.57 Å². The summed E-state index contributed by atoms with van der Waals surface area (Å²) in [4.78, 5) is 2.49. The molecule has 12 aromatic rings. The average Bonchev–Trinajstić information content (AvgIpc) is 3.89. The van der Waals surface area contributed by atoms with E-state index in [0.717, 1.165) is 22.7 Å². The van der Waals surface area contributed by atoms with Gasteiger partial charge >= 0.3 is 0 Å². The van der Waals surface area contributed by atoms with Gasteiger partial charge in [-0.05, 0) is 105 Å². The number of para-hydroxylation sites is 2. The summed E-state index contributed by atoms with van der Waals surface area (Å²) in [6.07, 6.45) is 0. The zero-order chi connectivity index (χ0) is 40.3. The SMILES string of the molecule is c1ccc(-c2ccc(-c3ccc4ccccc4c3)cc2N(c2ccc(-c3cccc(-n4c5ccccc5c5ccccc54)c3)cc2)c2cccc3sc4ccccc4c23)cc1. The Balaban J connectivity index is 1.05. The van der Waals surface area contributed by atoms with Crippen molar-refractivity contribution >= 4 is 81.1 Å². The van der Waals surface area contributed by atoms with E-state index < -0.39 is 0 Å². The number of anilines is 3. The normalized spacial score (nSPS) is 11.6. The van der Waals surface area contributed by atoms with Crippen LogP contribution in [0.25, 0.3) is 91.8 Å². The lowest BCUT2D eigenvalue weighted by Crippen LogP contribution is -2.12. The van der Waals surface area contributed by atoms with Gasteiger partial charge in [0.2, 0.25) is 0 Å². The Labute approximate surface area is 358 Å². The summed E-state index contributed by atoms with van der Waals surface area (Å²) < 4.78 is 4.95. The highest BCUT2D eigenvalue weighted by molar-refractivity contribution is 7.26. The molecule has 0 aliphatic heterocycles. The molecule has 0 saturated carbocycles. The molecule has 2 heterocycles. The lowest BCUT2D eigenvalue weighted by atomic mass is 9.95. The van der Waals surface area contributed by atoms with Gasteiger partial charge in [-0.25, -0.2) is 0 Å². The van der Waals surface area contributed by atoms with Crippen LogP contribution < -0.4 is 4.90 Å². The number of hydrogen-bond donors (Lipinski definition) is 0. The van der Waals surface area contributed by atoms with Gasteiger partial charge in [0, 0.05) is 47.9 Å². The topological polar surface area (TPSA) is 8.17 Å². The quantitative estimate of drug-likeness (QED) is 0.156. The molecule has 2 nitrogen and oxygen atoms in total. The highest BCUT2D eigenvalue weighted by atomic mass is 32.1. The molecule has 0 N–H and O–H groups in total. The molecule has 0 unspecified atom stereocenters. The largest absolute Gasteiger partial charge is 0.309 e. The molecule has 0 spiro atoms. The highest BCUT2D eigenvalue weighted by Crippen LogP contribution is 2.48. The van der Waals surface area contributed by atoms with Crippen LogP contribution in [0.3, 0.4) is 0 Å². The first-order chi connectivity index (χ1) is 30.2. The first kappa shape index (κ1) is 35.2. The van der Waals surface area contributed by atoms with Gasteiger partial charge < -0.3 is 9.47 Å². The summed E-state index contributed by atoms with van der Waals surface area (Å²) in [6.45, 7) is 0. The Morgan fingerprint density at radius 3 is 1.74 bits per heavy atom. The van der Waals surface area contributed by atoms with Crippen molar-refractivity contribution in [2.45, 2.75) is 0 Å². The molecule has 0 bridgehead atoms. The van der Waals surface area contributed by atoms with Gasteiger partial charge in [-0.2, -0.15) is 0 Å². The summed E-state index contributed by atoms with van der Waals surface area (Å²) in [7, 11) is 0. The van der Waals surface area contributed by atoms with Crippen molar-refractivity contribution in [3.63, 3.8) is 0 Å². The van der Waals surface area contributed by atoms with Crippen molar-refractivity contribution in [3.8, 4) is 39.1 Å². The summed E-state index contributed by atoms with van der Waals surface area (Å²) in [5, 5.41) is 7.54. The van der Waals surface area contributed by atoms with Gasteiger partial charge in [-0.15, -0.1) is 11.3 Å². The van der Waals surface area contributed by atoms with Crippen LogP contribution >= 0.6 is 11.3 Å². The Hall–Kier alpha value is -7.72. The predicted octanol–water partition coefficient (Wildman–Crippen LogP) is 16.8. The fourth-order valence-corrected chi connectivity index (χ4v) is 10.4. The predicted molar refractivity (Wildman–Crippen MR) is 262 cm³/mol. The molecule has 0 saturated heterocycles. The molecule has 0 fully saturated rings. The fraction of sp³-hybridized carbons (Fsp3) is 0. The molecule has 61 heavy (non-hydrogen) atoms. The van der Waals surface area contributed by atoms with Crippen LogP contribution in [0.15, 0.2) is 231 Å². The van der Waals surface area contributed by atoms with Crippen molar-refractivity contribution in [1.82, 2.24) is 4.57 Å². The smallest absolute Gasteiger partial charge is 0.0555 e. The fourth-order valence-electron chi connectivity index (χ4n) is 9.31. The zero-order valence-electron chi connectivity index (χ0n) is 33.2. The van der Waals surface area contributed by atoms with Gasteiger partial charge in [0.05, 0.1) is 22.4 Å². The molecule has 12 rings (SSSR count). The molecule has 0 aliphatic rings. The second-order valence-corrected chi connectivity index (χ2v) is 16.8. The molecule has 0 atom stereocenters. The number of benzene rings is 10. The van der Waals surface area contributed by atoms with Gasteiger partial charge in [0.25, 0.3) is 0 Å². The number of thiophene rings is 1. The number of aromatic nitrogens is 1. The summed E-state index contributed by atoms with van der Waals surface area (Å²) in [6, 6.07) is 84.3. The standard InChI is InChI=1S/C58H38N2S/c1-2-15-41(16-3-1)48-35-32-45(44-29-28-39-14-4-5-17-42(39)36-44)38-55(48)59(54-25-13-27-57-58(54)51-22-8-11-26-56(51)61-57)46-33-30-40(31-34-46)43-18-12-19-47(37-43)60-52-23-9-6-20-49(52)50-21-7-10-24-53(50)60/h1-38H. The Morgan fingerprint density at radius 2 is 0.934 bits per heavy atom. The average molecular weight is 795 g/mol. The van der Waals surface area contributed by atoms with Gasteiger partial charge in [-0.3, -0.25) is 0 Å². The van der Waals surface area contributed by atoms with E-state index in [9.17, 15) is 0 Å². The molecule has 0 aliphatic carbocycles. The number of rotatable bonds is 7. The van der Waals surface area contributed by atoms with E-state index in [0.29, 0.717) is 0 Å². The maximum absolute atomic E-state index is 2.49. The molecule has 10 aromatic carbocycles. The van der Waals surface area contributed by atoms with Crippen LogP contribution in [0.1, 0.15) is 0 Å². The summed E-state index contributed by atoms with van der Waals surface area (Å²) >= 11 is 1.86. The minimum Gasteiger partial charge on any atom is -0.309 e. The van der Waals surface area contributed by atoms with Crippen molar-refractivity contribution < 1.29 is 0 Å². The lowest BCUT2D eigenvalue weighted by molar-refractivity contribution is 1.18. The van der Waals surface area contributed by atoms with Crippen molar-refractivity contribution in [3.05, 3.63) is 231 Å². The first-order valence-electron chi connectivity index (χ1n) is 20.8. The van der Waals surface area contributed by atoms with E-state index in [-0.39, 0.29) is 0 Å². The van der Waals surface area contributed by atoms with Crippen molar-refractivity contribution in [2.24, 2.45) is 0 Å². The van der Waals surface area contributed by atoms with Crippen LogP contribution in [0.4, 0.5) is 17.1 Å². The third-order valence-electron chi connectivity index (χ3n) is 12.2. The Morgan fingerprint density at radius 1 is 0.344 bits per heavy atom. The highest BCUT2D eigenvalue weighted by Gasteiger charge is 2.23. The second-order valence-electron chi connectivity index (χ2n) is 15.7. The zero-order valence-corrected chi connectivity index (χ0v) is 34.1. The van der Waals surface area contributed by atoms with Crippen LogP contribution in [-0.2, 0) is 0 Å². The minimum atomic E-state index is 1.10. The molecule has 0 amide bonds. The maximum atomic E-state index is 2.49.